The summed E-state index contributed by atoms with van der Waals surface area (Å²) in [4.78, 5) is 2.39. The molecule has 0 spiro atoms. The van der Waals surface area contributed by atoms with Crippen LogP contribution in [-0.4, -0.2) is 24.6 Å². The Labute approximate surface area is 95.8 Å². The van der Waals surface area contributed by atoms with Crippen LogP contribution in [0.4, 0.5) is 5.69 Å². The number of para-hydroxylation sites is 1. The van der Waals surface area contributed by atoms with Crippen LogP contribution in [-0.2, 0) is 6.54 Å². The van der Waals surface area contributed by atoms with Crippen LogP contribution in [0.25, 0.3) is 0 Å². The third-order valence-corrected chi connectivity index (χ3v) is 4.19. The molecule has 0 radical (unpaired) electrons. The summed E-state index contributed by atoms with van der Waals surface area (Å²) in [6.45, 7) is 0.625. The van der Waals surface area contributed by atoms with Gasteiger partial charge in [0.05, 0.1) is 0 Å². The van der Waals surface area contributed by atoms with E-state index in [1.165, 1.54) is 29.2 Å². The van der Waals surface area contributed by atoms with E-state index in [9.17, 15) is 0 Å². The molecule has 3 heteroatoms. The molecular weight excluding hydrogens is 204 g/mol. The smallest absolute Gasteiger partial charge is 0.0411 e. The fourth-order valence-corrected chi connectivity index (χ4v) is 3.32. The van der Waals surface area contributed by atoms with E-state index in [0.717, 1.165) is 0 Å². The summed E-state index contributed by atoms with van der Waals surface area (Å²) in [6, 6.07) is 9.12. The van der Waals surface area contributed by atoms with Gasteiger partial charge in [0.2, 0.25) is 0 Å². The number of nitrogens with two attached hydrogens (primary N) is 1. The Balaban J connectivity index is 2.19. The van der Waals surface area contributed by atoms with Gasteiger partial charge in [0, 0.05) is 31.1 Å². The molecule has 1 heterocycles. The molecule has 1 saturated heterocycles. The Bertz CT molecular complexity index is 321. The first kappa shape index (κ1) is 10.8. The lowest BCUT2D eigenvalue weighted by atomic mass is 10.1. The summed E-state index contributed by atoms with van der Waals surface area (Å²) in [5, 5.41) is 0. The normalized spacial score (nSPS) is 20.5. The summed E-state index contributed by atoms with van der Waals surface area (Å²) in [5.74, 6) is 2.54. The molecule has 15 heavy (non-hydrogen) atoms. The van der Waals surface area contributed by atoms with Crippen molar-refractivity contribution in [1.29, 1.82) is 0 Å². The number of benzene rings is 1. The second-order valence-electron chi connectivity index (χ2n) is 3.96. The number of hydrogen-bond acceptors (Lipinski definition) is 3. The monoisotopic (exact) mass is 222 g/mol. The molecule has 1 fully saturated rings. The minimum atomic E-state index is 0.625. The van der Waals surface area contributed by atoms with Gasteiger partial charge in [-0.3, -0.25) is 0 Å². The molecule has 1 atom stereocenters. The number of nitrogens with zero attached hydrogens (tertiary/aromatic N) is 1. The average Bonchev–Trinajstić information content (AvgIpc) is 2.81. The molecule has 0 aromatic heterocycles. The highest BCUT2D eigenvalue weighted by Gasteiger charge is 2.21. The summed E-state index contributed by atoms with van der Waals surface area (Å²) >= 11 is 2.05. The van der Waals surface area contributed by atoms with E-state index in [1.807, 2.05) is 11.8 Å². The summed E-state index contributed by atoms with van der Waals surface area (Å²) in [6.07, 6.45) is 1.29. The van der Waals surface area contributed by atoms with Crippen molar-refractivity contribution in [1.82, 2.24) is 0 Å². The lowest BCUT2D eigenvalue weighted by Crippen LogP contribution is -2.32. The Morgan fingerprint density at radius 3 is 2.93 bits per heavy atom. The summed E-state index contributed by atoms with van der Waals surface area (Å²) in [5.41, 5.74) is 8.30. The van der Waals surface area contributed by atoms with Crippen LogP contribution in [0.5, 0.6) is 0 Å². The molecule has 1 aliphatic rings. The maximum absolute atomic E-state index is 5.76. The van der Waals surface area contributed by atoms with Gasteiger partial charge in [0.1, 0.15) is 0 Å². The van der Waals surface area contributed by atoms with E-state index >= 15 is 0 Å². The van der Waals surface area contributed by atoms with Crippen LogP contribution >= 0.6 is 11.8 Å². The summed E-state index contributed by atoms with van der Waals surface area (Å²) < 4.78 is 0. The van der Waals surface area contributed by atoms with Crippen molar-refractivity contribution in [3.8, 4) is 0 Å². The quantitative estimate of drug-likeness (QED) is 0.849. The van der Waals surface area contributed by atoms with E-state index in [4.69, 9.17) is 5.73 Å². The minimum absolute atomic E-state index is 0.625. The molecule has 0 aliphatic carbocycles. The lowest BCUT2D eigenvalue weighted by Gasteiger charge is -2.28. The van der Waals surface area contributed by atoms with Crippen LogP contribution in [0.15, 0.2) is 24.3 Å². The molecule has 0 saturated carbocycles. The molecule has 1 unspecified atom stereocenters. The van der Waals surface area contributed by atoms with Gasteiger partial charge in [0.15, 0.2) is 0 Å². The third-order valence-electron chi connectivity index (χ3n) is 3.04. The van der Waals surface area contributed by atoms with Gasteiger partial charge in [-0.1, -0.05) is 18.2 Å². The van der Waals surface area contributed by atoms with Crippen LogP contribution < -0.4 is 10.6 Å². The molecule has 0 bridgehead atoms. The van der Waals surface area contributed by atoms with Crippen LogP contribution in [0.3, 0.4) is 0 Å². The number of thioether (sulfide) groups is 1. The van der Waals surface area contributed by atoms with Gasteiger partial charge in [-0.05, 0) is 23.8 Å². The highest BCUT2D eigenvalue weighted by atomic mass is 32.2. The van der Waals surface area contributed by atoms with Crippen molar-refractivity contribution >= 4 is 17.4 Å². The summed E-state index contributed by atoms with van der Waals surface area (Å²) in [7, 11) is 2.19. The molecule has 2 nitrogen and oxygen atoms in total. The van der Waals surface area contributed by atoms with Gasteiger partial charge in [-0.25, -0.2) is 0 Å². The first-order valence-corrected chi connectivity index (χ1v) is 6.57. The van der Waals surface area contributed by atoms with Crippen LogP contribution in [0.1, 0.15) is 12.0 Å². The Morgan fingerprint density at radius 1 is 1.47 bits per heavy atom. The van der Waals surface area contributed by atoms with Crippen molar-refractivity contribution in [2.75, 3.05) is 23.5 Å². The Morgan fingerprint density at radius 2 is 2.27 bits per heavy atom. The zero-order valence-electron chi connectivity index (χ0n) is 9.15. The Kier molecular flexibility index (Phi) is 3.54. The largest absolute Gasteiger partial charge is 0.370 e. The zero-order valence-corrected chi connectivity index (χ0v) is 9.96. The zero-order chi connectivity index (χ0) is 10.7. The van der Waals surface area contributed by atoms with Gasteiger partial charge in [-0.2, -0.15) is 11.8 Å². The van der Waals surface area contributed by atoms with Crippen molar-refractivity contribution in [2.24, 2.45) is 5.73 Å². The third kappa shape index (κ3) is 2.29. The molecule has 2 N–H and O–H groups in total. The van der Waals surface area contributed by atoms with E-state index < -0.39 is 0 Å². The van der Waals surface area contributed by atoms with Crippen molar-refractivity contribution < 1.29 is 0 Å². The molecule has 0 amide bonds. The van der Waals surface area contributed by atoms with E-state index in [2.05, 4.69) is 36.2 Å². The molecule has 2 rings (SSSR count). The number of anilines is 1. The fourth-order valence-electron chi connectivity index (χ4n) is 2.05. The van der Waals surface area contributed by atoms with Gasteiger partial charge in [-0.15, -0.1) is 0 Å². The second-order valence-corrected chi connectivity index (χ2v) is 5.11. The van der Waals surface area contributed by atoms with Crippen LogP contribution in [0, 0.1) is 0 Å². The highest BCUT2D eigenvalue weighted by Crippen LogP contribution is 2.27. The average molecular weight is 222 g/mol. The standard InChI is InChI=1S/C12H18N2S/c1-14(11-6-7-15-9-11)12-5-3-2-4-10(12)8-13/h2-5,11H,6-9,13H2,1H3. The Hall–Kier alpha value is -0.670. The predicted octanol–water partition coefficient (Wildman–Crippen LogP) is 2.09. The first-order chi connectivity index (χ1) is 7.33. The predicted molar refractivity (Wildman–Crippen MR) is 68.5 cm³/mol. The molecular formula is C12H18N2S. The molecule has 1 aromatic rings. The lowest BCUT2D eigenvalue weighted by molar-refractivity contribution is 0.696. The highest BCUT2D eigenvalue weighted by molar-refractivity contribution is 7.99. The molecule has 82 valence electrons. The number of hydrogen-bond donors (Lipinski definition) is 1. The fraction of sp³-hybridized carbons (Fsp3) is 0.500. The SMILES string of the molecule is CN(c1ccccc1CN)C1CCSC1. The van der Waals surface area contributed by atoms with Gasteiger partial charge in [0.25, 0.3) is 0 Å². The van der Waals surface area contributed by atoms with E-state index in [1.54, 1.807) is 0 Å². The maximum Gasteiger partial charge on any atom is 0.0411 e. The van der Waals surface area contributed by atoms with Crippen molar-refractivity contribution in [2.45, 2.75) is 19.0 Å². The van der Waals surface area contributed by atoms with Crippen molar-refractivity contribution in [3.05, 3.63) is 29.8 Å². The second kappa shape index (κ2) is 4.90. The minimum Gasteiger partial charge on any atom is -0.370 e. The van der Waals surface area contributed by atoms with Crippen molar-refractivity contribution in [3.63, 3.8) is 0 Å². The van der Waals surface area contributed by atoms with E-state index in [0.29, 0.717) is 12.6 Å². The van der Waals surface area contributed by atoms with Crippen LogP contribution in [0.2, 0.25) is 0 Å². The maximum atomic E-state index is 5.76. The molecule has 1 aliphatic heterocycles. The number of rotatable bonds is 3. The topological polar surface area (TPSA) is 29.3 Å². The van der Waals surface area contributed by atoms with Gasteiger partial charge < -0.3 is 10.6 Å². The van der Waals surface area contributed by atoms with Gasteiger partial charge >= 0.3 is 0 Å². The first-order valence-electron chi connectivity index (χ1n) is 5.41. The van der Waals surface area contributed by atoms with E-state index in [-0.39, 0.29) is 0 Å². The molecule has 1 aromatic carbocycles.